The van der Waals surface area contributed by atoms with E-state index in [4.69, 9.17) is 0 Å². The molecule has 17 heavy (non-hydrogen) atoms. The molecule has 0 fully saturated rings. The highest BCUT2D eigenvalue weighted by atomic mass is 32.2. The maximum Gasteiger partial charge on any atom is 0.204 e. The van der Waals surface area contributed by atoms with Crippen LogP contribution >= 0.6 is 0 Å². The summed E-state index contributed by atoms with van der Waals surface area (Å²) in [7, 11) is 2.92. The molecule has 98 valence electrons. The second-order valence-electron chi connectivity index (χ2n) is 4.31. The van der Waals surface area contributed by atoms with Crippen molar-refractivity contribution >= 4 is 15.8 Å². The summed E-state index contributed by atoms with van der Waals surface area (Å²) in [6.45, 7) is 1.08. The van der Waals surface area contributed by atoms with Crippen LogP contribution in [-0.2, 0) is 23.4 Å². The molecule has 1 aromatic rings. The first-order valence-corrected chi connectivity index (χ1v) is 7.43. The number of anilines is 1. The van der Waals surface area contributed by atoms with Gasteiger partial charge < -0.3 is 14.8 Å². The molecule has 1 aromatic heterocycles. The molecule has 0 unspecified atom stereocenters. The summed E-state index contributed by atoms with van der Waals surface area (Å²) >= 11 is 0. The van der Waals surface area contributed by atoms with E-state index in [0.717, 1.165) is 11.6 Å². The number of hydrogen-bond donors (Lipinski definition) is 1. The van der Waals surface area contributed by atoms with Crippen molar-refractivity contribution in [3.8, 4) is 0 Å². The summed E-state index contributed by atoms with van der Waals surface area (Å²) < 4.78 is 23.9. The zero-order valence-electron chi connectivity index (χ0n) is 10.8. The van der Waals surface area contributed by atoms with Crippen LogP contribution in [0, 0.1) is 0 Å². The third-order valence-electron chi connectivity index (χ3n) is 2.42. The zero-order chi connectivity index (χ0) is 13.1. The van der Waals surface area contributed by atoms with Crippen molar-refractivity contribution in [2.75, 3.05) is 37.5 Å². The van der Waals surface area contributed by atoms with E-state index in [9.17, 15) is 8.42 Å². The van der Waals surface area contributed by atoms with E-state index in [2.05, 4.69) is 10.3 Å². The van der Waals surface area contributed by atoms with Crippen molar-refractivity contribution < 1.29 is 8.42 Å². The zero-order valence-corrected chi connectivity index (χ0v) is 11.6. The maximum absolute atomic E-state index is 10.9. The van der Waals surface area contributed by atoms with Crippen molar-refractivity contribution in [3.05, 3.63) is 11.9 Å². The van der Waals surface area contributed by atoms with Crippen LogP contribution in [-0.4, -0.2) is 50.6 Å². The minimum absolute atomic E-state index is 0.158. The Balaban J connectivity index is 2.48. The fourth-order valence-electron chi connectivity index (χ4n) is 1.49. The van der Waals surface area contributed by atoms with Gasteiger partial charge in [0, 0.05) is 40.5 Å². The SMILES string of the molecule is CN(C)c1ncc(CNCCS(C)(=O)=O)n1C. The van der Waals surface area contributed by atoms with Crippen LogP contribution in [0.5, 0.6) is 0 Å². The molecule has 0 spiro atoms. The number of nitrogens with one attached hydrogen (secondary N) is 1. The highest BCUT2D eigenvalue weighted by Gasteiger charge is 2.07. The van der Waals surface area contributed by atoms with Gasteiger partial charge in [-0.15, -0.1) is 0 Å². The Morgan fingerprint density at radius 1 is 1.47 bits per heavy atom. The van der Waals surface area contributed by atoms with Crippen LogP contribution in [0.2, 0.25) is 0 Å². The van der Waals surface area contributed by atoms with E-state index in [-0.39, 0.29) is 5.75 Å². The number of imidazole rings is 1. The Bertz CT molecular complexity index is 465. The maximum atomic E-state index is 10.9. The van der Waals surface area contributed by atoms with Gasteiger partial charge in [0.15, 0.2) is 0 Å². The molecule has 1 heterocycles. The van der Waals surface area contributed by atoms with Crippen molar-refractivity contribution in [1.29, 1.82) is 0 Å². The smallest absolute Gasteiger partial charge is 0.204 e. The average molecular weight is 260 g/mol. The highest BCUT2D eigenvalue weighted by Crippen LogP contribution is 2.10. The highest BCUT2D eigenvalue weighted by molar-refractivity contribution is 7.90. The predicted molar refractivity (Wildman–Crippen MR) is 69.0 cm³/mol. The Morgan fingerprint density at radius 3 is 2.59 bits per heavy atom. The molecule has 1 N–H and O–H groups in total. The monoisotopic (exact) mass is 260 g/mol. The summed E-state index contributed by atoms with van der Waals surface area (Å²) in [5, 5.41) is 3.09. The molecule has 7 heteroatoms. The summed E-state index contributed by atoms with van der Waals surface area (Å²) in [5.74, 6) is 1.04. The van der Waals surface area contributed by atoms with E-state index >= 15 is 0 Å². The molecule has 1 rings (SSSR count). The van der Waals surface area contributed by atoms with Crippen LogP contribution < -0.4 is 10.2 Å². The molecule has 0 aliphatic carbocycles. The third-order valence-corrected chi connectivity index (χ3v) is 3.36. The number of sulfone groups is 1. The summed E-state index contributed by atoms with van der Waals surface area (Å²) in [5.41, 5.74) is 1.03. The van der Waals surface area contributed by atoms with Crippen LogP contribution in [0.25, 0.3) is 0 Å². The van der Waals surface area contributed by atoms with E-state index in [0.29, 0.717) is 13.1 Å². The fraction of sp³-hybridized carbons (Fsp3) is 0.700. The first-order chi connectivity index (χ1) is 7.81. The number of aromatic nitrogens is 2. The van der Waals surface area contributed by atoms with E-state index in [1.807, 2.05) is 30.6 Å². The van der Waals surface area contributed by atoms with Crippen molar-refractivity contribution in [1.82, 2.24) is 14.9 Å². The van der Waals surface area contributed by atoms with E-state index in [1.165, 1.54) is 6.26 Å². The van der Waals surface area contributed by atoms with Gasteiger partial charge >= 0.3 is 0 Å². The van der Waals surface area contributed by atoms with Gasteiger partial charge in [-0.25, -0.2) is 13.4 Å². The van der Waals surface area contributed by atoms with E-state index < -0.39 is 9.84 Å². The molecule has 0 saturated carbocycles. The molecule has 6 nitrogen and oxygen atoms in total. The van der Waals surface area contributed by atoms with Crippen LogP contribution in [0.3, 0.4) is 0 Å². The average Bonchev–Trinajstić information content (AvgIpc) is 2.53. The Kier molecular flexibility index (Phi) is 4.53. The normalized spacial score (nSPS) is 11.8. The van der Waals surface area contributed by atoms with Gasteiger partial charge in [-0.2, -0.15) is 0 Å². The van der Waals surface area contributed by atoms with Gasteiger partial charge in [0.05, 0.1) is 17.6 Å². The third kappa shape index (κ3) is 4.35. The van der Waals surface area contributed by atoms with Crippen molar-refractivity contribution in [2.45, 2.75) is 6.54 Å². The summed E-state index contributed by atoms with van der Waals surface area (Å²) in [6, 6.07) is 0. The van der Waals surface area contributed by atoms with Gasteiger partial charge in [-0.3, -0.25) is 0 Å². The first-order valence-electron chi connectivity index (χ1n) is 5.37. The predicted octanol–water partition coefficient (Wildman–Crippen LogP) is -0.380. The standard InChI is InChI=1S/C10H20N4O2S/c1-13(2)10-12-8-9(14(10)3)7-11-5-6-17(4,15)16/h8,11H,5-7H2,1-4H3. The minimum atomic E-state index is -2.89. The Morgan fingerprint density at radius 2 is 2.12 bits per heavy atom. The molecule has 0 aliphatic heterocycles. The van der Waals surface area contributed by atoms with Gasteiger partial charge in [0.25, 0.3) is 0 Å². The molecule has 0 bridgehead atoms. The van der Waals surface area contributed by atoms with Crippen LogP contribution in [0.4, 0.5) is 5.95 Å². The van der Waals surface area contributed by atoms with Crippen molar-refractivity contribution in [3.63, 3.8) is 0 Å². The molecule has 0 amide bonds. The quantitative estimate of drug-likeness (QED) is 0.706. The second-order valence-corrected chi connectivity index (χ2v) is 6.57. The van der Waals surface area contributed by atoms with Crippen LogP contribution in [0.15, 0.2) is 6.20 Å². The van der Waals surface area contributed by atoms with Gasteiger partial charge in [-0.1, -0.05) is 0 Å². The van der Waals surface area contributed by atoms with Gasteiger partial charge in [0.2, 0.25) is 5.95 Å². The lowest BCUT2D eigenvalue weighted by Gasteiger charge is -2.12. The van der Waals surface area contributed by atoms with Crippen LogP contribution in [0.1, 0.15) is 5.69 Å². The lowest BCUT2D eigenvalue weighted by molar-refractivity contribution is 0.594. The number of hydrogen-bond acceptors (Lipinski definition) is 5. The molecular weight excluding hydrogens is 240 g/mol. The lowest BCUT2D eigenvalue weighted by Crippen LogP contribution is -2.23. The summed E-state index contributed by atoms with van der Waals surface area (Å²) in [6.07, 6.45) is 3.03. The molecule has 0 atom stereocenters. The van der Waals surface area contributed by atoms with Gasteiger partial charge in [0.1, 0.15) is 9.84 Å². The minimum Gasteiger partial charge on any atom is -0.348 e. The number of rotatable bonds is 6. The first kappa shape index (κ1) is 14.0. The largest absolute Gasteiger partial charge is 0.348 e. The lowest BCUT2D eigenvalue weighted by atomic mass is 10.4. The Hall–Kier alpha value is -1.08. The number of nitrogens with zero attached hydrogens (tertiary/aromatic N) is 3. The van der Waals surface area contributed by atoms with Gasteiger partial charge in [-0.05, 0) is 0 Å². The molecular formula is C10H20N4O2S. The summed E-state index contributed by atoms with van der Waals surface area (Å²) in [4.78, 5) is 6.20. The molecule has 0 aromatic carbocycles. The molecule has 0 aliphatic rings. The fourth-order valence-corrected chi connectivity index (χ4v) is 2.00. The molecule has 0 radical (unpaired) electrons. The molecule has 0 saturated heterocycles. The van der Waals surface area contributed by atoms with Crippen molar-refractivity contribution in [2.24, 2.45) is 7.05 Å². The second kappa shape index (κ2) is 5.50. The Labute approximate surface area is 103 Å². The van der Waals surface area contributed by atoms with E-state index in [1.54, 1.807) is 6.20 Å². The topological polar surface area (TPSA) is 67.2 Å².